The van der Waals surface area contributed by atoms with Gasteiger partial charge in [0.25, 0.3) is 11.7 Å². The standard InChI is InChI=1S/C15H18F2N2OS/c16-15(17)21-13-5-1-10(2-6-13)14(20)18-11-7-8-19(9-11)12-3-4-12/h1-2,5-6,11-12,15H,3-4,7-9H2,(H,18,20)/t11-/m0/s1. The molecule has 3 nitrogen and oxygen atoms in total. The van der Waals surface area contributed by atoms with E-state index in [2.05, 4.69) is 10.2 Å². The summed E-state index contributed by atoms with van der Waals surface area (Å²) >= 11 is 0.490. The highest BCUT2D eigenvalue weighted by atomic mass is 32.2. The van der Waals surface area contributed by atoms with E-state index in [0.717, 1.165) is 25.6 Å². The summed E-state index contributed by atoms with van der Waals surface area (Å²) in [6.45, 7) is 1.98. The van der Waals surface area contributed by atoms with Crippen LogP contribution < -0.4 is 5.32 Å². The Hall–Kier alpha value is -1.14. The zero-order valence-electron chi connectivity index (χ0n) is 11.6. The van der Waals surface area contributed by atoms with Crippen molar-refractivity contribution < 1.29 is 13.6 Å². The molecular formula is C15H18F2N2OS. The SMILES string of the molecule is O=C(N[C@H]1CCN(C2CC2)C1)c1ccc(SC(F)F)cc1. The Bertz CT molecular complexity index is 505. The molecule has 1 heterocycles. The van der Waals surface area contributed by atoms with Crippen molar-refractivity contribution in [1.82, 2.24) is 10.2 Å². The molecule has 0 spiro atoms. The minimum Gasteiger partial charge on any atom is -0.348 e. The van der Waals surface area contributed by atoms with Crippen LogP contribution in [0.4, 0.5) is 8.78 Å². The van der Waals surface area contributed by atoms with Crippen LogP contribution in [0, 0.1) is 0 Å². The third-order valence-corrected chi connectivity index (χ3v) is 4.68. The fourth-order valence-corrected chi connectivity index (χ4v) is 3.23. The van der Waals surface area contributed by atoms with E-state index in [-0.39, 0.29) is 11.9 Å². The van der Waals surface area contributed by atoms with E-state index >= 15 is 0 Å². The Balaban J connectivity index is 1.53. The van der Waals surface area contributed by atoms with Gasteiger partial charge >= 0.3 is 0 Å². The van der Waals surface area contributed by atoms with E-state index in [4.69, 9.17) is 0 Å². The van der Waals surface area contributed by atoms with E-state index in [0.29, 0.717) is 22.2 Å². The van der Waals surface area contributed by atoms with Crippen molar-refractivity contribution in [2.75, 3.05) is 13.1 Å². The average Bonchev–Trinajstić information content (AvgIpc) is 3.20. The van der Waals surface area contributed by atoms with Crippen LogP contribution >= 0.6 is 11.8 Å². The predicted molar refractivity (Wildman–Crippen MR) is 78.8 cm³/mol. The van der Waals surface area contributed by atoms with Crippen molar-refractivity contribution in [1.29, 1.82) is 0 Å². The Labute approximate surface area is 127 Å². The van der Waals surface area contributed by atoms with Crippen molar-refractivity contribution in [3.05, 3.63) is 29.8 Å². The zero-order chi connectivity index (χ0) is 14.8. The number of thioether (sulfide) groups is 1. The fourth-order valence-electron chi connectivity index (χ4n) is 2.73. The van der Waals surface area contributed by atoms with Crippen LogP contribution in [0.15, 0.2) is 29.2 Å². The van der Waals surface area contributed by atoms with Gasteiger partial charge in [-0.05, 0) is 43.5 Å². The normalized spacial score (nSPS) is 22.7. The summed E-state index contributed by atoms with van der Waals surface area (Å²) in [4.78, 5) is 15.1. The molecule has 2 aliphatic rings. The molecule has 1 N–H and O–H groups in total. The average molecular weight is 312 g/mol. The number of rotatable bonds is 5. The Morgan fingerprint density at radius 2 is 1.95 bits per heavy atom. The first-order valence-electron chi connectivity index (χ1n) is 7.21. The van der Waals surface area contributed by atoms with Gasteiger partial charge < -0.3 is 5.32 Å². The van der Waals surface area contributed by atoms with Gasteiger partial charge in [-0.15, -0.1) is 0 Å². The number of carbonyl (C=O) groups excluding carboxylic acids is 1. The zero-order valence-corrected chi connectivity index (χ0v) is 12.4. The van der Waals surface area contributed by atoms with E-state index in [1.807, 2.05) is 0 Å². The number of carbonyl (C=O) groups is 1. The van der Waals surface area contributed by atoms with Gasteiger partial charge in [-0.1, -0.05) is 11.8 Å². The quantitative estimate of drug-likeness (QED) is 0.849. The lowest BCUT2D eigenvalue weighted by molar-refractivity contribution is 0.0937. The Morgan fingerprint density at radius 3 is 2.57 bits per heavy atom. The molecule has 3 rings (SSSR count). The van der Waals surface area contributed by atoms with Crippen molar-refractivity contribution in [3.8, 4) is 0 Å². The third-order valence-electron chi connectivity index (χ3n) is 3.96. The molecule has 1 atom stereocenters. The Kier molecular flexibility index (Phi) is 4.45. The molecule has 1 saturated carbocycles. The number of hydrogen-bond donors (Lipinski definition) is 1. The monoisotopic (exact) mass is 312 g/mol. The second-order valence-electron chi connectivity index (χ2n) is 5.59. The van der Waals surface area contributed by atoms with Crippen LogP contribution in [0.2, 0.25) is 0 Å². The predicted octanol–water partition coefficient (Wildman–Crippen LogP) is 2.97. The fraction of sp³-hybridized carbons (Fsp3) is 0.533. The number of halogens is 2. The number of likely N-dealkylation sites (tertiary alicyclic amines) is 1. The largest absolute Gasteiger partial charge is 0.348 e. The maximum absolute atomic E-state index is 12.2. The molecule has 1 aromatic carbocycles. The summed E-state index contributed by atoms with van der Waals surface area (Å²) in [5.41, 5.74) is 0.526. The summed E-state index contributed by atoms with van der Waals surface area (Å²) in [7, 11) is 0. The number of nitrogens with zero attached hydrogens (tertiary/aromatic N) is 1. The van der Waals surface area contributed by atoms with Gasteiger partial charge in [0.1, 0.15) is 0 Å². The van der Waals surface area contributed by atoms with Gasteiger partial charge in [0.2, 0.25) is 0 Å². The molecular weight excluding hydrogens is 294 g/mol. The highest BCUT2D eigenvalue weighted by molar-refractivity contribution is 7.99. The van der Waals surface area contributed by atoms with Crippen molar-refractivity contribution in [2.24, 2.45) is 0 Å². The van der Waals surface area contributed by atoms with Crippen LogP contribution in [-0.4, -0.2) is 41.7 Å². The minimum atomic E-state index is -2.43. The van der Waals surface area contributed by atoms with Gasteiger partial charge in [-0.25, -0.2) is 0 Å². The van der Waals surface area contributed by atoms with Crippen LogP contribution in [0.25, 0.3) is 0 Å². The van der Waals surface area contributed by atoms with Crippen molar-refractivity contribution >= 4 is 17.7 Å². The third kappa shape index (κ3) is 3.95. The van der Waals surface area contributed by atoms with Gasteiger partial charge in [-0.3, -0.25) is 9.69 Å². The molecule has 0 radical (unpaired) electrons. The maximum Gasteiger partial charge on any atom is 0.288 e. The molecule has 2 fully saturated rings. The first-order valence-corrected chi connectivity index (χ1v) is 8.09. The molecule has 114 valence electrons. The van der Waals surface area contributed by atoms with Gasteiger partial charge in [0.15, 0.2) is 0 Å². The number of benzene rings is 1. The number of hydrogen-bond acceptors (Lipinski definition) is 3. The molecule has 21 heavy (non-hydrogen) atoms. The molecule has 1 aromatic rings. The summed E-state index contributed by atoms with van der Waals surface area (Å²) in [5, 5.41) is 3.03. The molecule has 0 bridgehead atoms. The lowest BCUT2D eigenvalue weighted by Gasteiger charge is -2.15. The summed E-state index contributed by atoms with van der Waals surface area (Å²) in [6.07, 6.45) is 3.55. The number of nitrogens with one attached hydrogen (secondary N) is 1. The van der Waals surface area contributed by atoms with Gasteiger partial charge in [0, 0.05) is 35.6 Å². The molecule has 0 unspecified atom stereocenters. The summed E-state index contributed by atoms with van der Waals surface area (Å²) in [5.74, 6) is -2.55. The molecule has 0 aromatic heterocycles. The van der Waals surface area contributed by atoms with E-state index in [9.17, 15) is 13.6 Å². The van der Waals surface area contributed by atoms with Gasteiger partial charge in [-0.2, -0.15) is 8.78 Å². The van der Waals surface area contributed by atoms with Crippen LogP contribution in [0.1, 0.15) is 29.6 Å². The number of amides is 1. The Morgan fingerprint density at radius 1 is 1.24 bits per heavy atom. The first-order chi connectivity index (χ1) is 10.1. The summed E-state index contributed by atoms with van der Waals surface area (Å²) in [6, 6.07) is 7.28. The molecule has 1 aliphatic heterocycles. The van der Waals surface area contributed by atoms with E-state index in [1.54, 1.807) is 24.3 Å². The van der Waals surface area contributed by atoms with E-state index < -0.39 is 5.76 Å². The molecule has 1 aliphatic carbocycles. The minimum absolute atomic E-state index is 0.119. The van der Waals surface area contributed by atoms with Crippen LogP contribution in [0.5, 0.6) is 0 Å². The maximum atomic E-state index is 12.2. The first kappa shape index (κ1) is 14.8. The van der Waals surface area contributed by atoms with Crippen LogP contribution in [-0.2, 0) is 0 Å². The lowest BCUT2D eigenvalue weighted by Crippen LogP contribution is -2.37. The highest BCUT2D eigenvalue weighted by Crippen LogP contribution is 2.30. The smallest absolute Gasteiger partial charge is 0.288 e. The van der Waals surface area contributed by atoms with E-state index in [1.165, 1.54) is 12.8 Å². The molecule has 1 amide bonds. The van der Waals surface area contributed by atoms with Crippen LogP contribution in [0.3, 0.4) is 0 Å². The highest BCUT2D eigenvalue weighted by Gasteiger charge is 2.34. The lowest BCUT2D eigenvalue weighted by atomic mass is 10.2. The van der Waals surface area contributed by atoms with Crippen molar-refractivity contribution in [3.63, 3.8) is 0 Å². The second kappa shape index (κ2) is 6.32. The molecule has 6 heteroatoms. The summed E-state index contributed by atoms with van der Waals surface area (Å²) < 4.78 is 24.5. The topological polar surface area (TPSA) is 32.3 Å². The molecule has 1 saturated heterocycles. The van der Waals surface area contributed by atoms with Crippen molar-refractivity contribution in [2.45, 2.75) is 42.0 Å². The number of alkyl halides is 2. The van der Waals surface area contributed by atoms with Gasteiger partial charge in [0.05, 0.1) is 0 Å². The second-order valence-corrected chi connectivity index (χ2v) is 6.65.